The molecule has 4 nitrogen and oxygen atoms in total. The molecule has 0 aliphatic carbocycles. The number of amides is 1. The van der Waals surface area contributed by atoms with Crippen molar-refractivity contribution in [2.45, 2.75) is 19.4 Å². The third kappa shape index (κ3) is 2.56. The standard InChI is InChI=1S/C13H13ClFNO3/c1-7-4-5-16(11(7)13(18)19)12(17)9-6-8(14)2-3-10(9)15/h2-3,6-7,11H,4-5H2,1H3,(H,18,19). The van der Waals surface area contributed by atoms with Crippen LogP contribution in [0.1, 0.15) is 23.7 Å². The first-order valence-electron chi connectivity index (χ1n) is 5.90. The molecule has 2 atom stereocenters. The average Bonchev–Trinajstić information content (AvgIpc) is 2.73. The summed E-state index contributed by atoms with van der Waals surface area (Å²) < 4.78 is 13.6. The second-order valence-corrected chi connectivity index (χ2v) is 5.11. The maximum atomic E-state index is 13.6. The highest BCUT2D eigenvalue weighted by Gasteiger charge is 2.40. The van der Waals surface area contributed by atoms with Crippen LogP contribution in [0.25, 0.3) is 0 Å². The number of halogens is 2. The minimum absolute atomic E-state index is 0.149. The average molecular weight is 286 g/mol. The van der Waals surface area contributed by atoms with Gasteiger partial charge in [0.15, 0.2) is 0 Å². The molecular weight excluding hydrogens is 273 g/mol. The second kappa shape index (κ2) is 5.17. The molecule has 1 heterocycles. The fourth-order valence-electron chi connectivity index (χ4n) is 2.37. The molecule has 1 aliphatic heterocycles. The molecule has 0 saturated carbocycles. The topological polar surface area (TPSA) is 57.6 Å². The smallest absolute Gasteiger partial charge is 0.326 e. The van der Waals surface area contributed by atoms with E-state index in [9.17, 15) is 14.0 Å². The van der Waals surface area contributed by atoms with E-state index in [-0.39, 0.29) is 16.5 Å². The Morgan fingerprint density at radius 1 is 1.47 bits per heavy atom. The first-order valence-corrected chi connectivity index (χ1v) is 6.28. The molecule has 1 fully saturated rings. The van der Waals surface area contributed by atoms with Gasteiger partial charge in [0.05, 0.1) is 5.56 Å². The summed E-state index contributed by atoms with van der Waals surface area (Å²) in [5, 5.41) is 9.40. The molecule has 6 heteroatoms. The SMILES string of the molecule is CC1CCN(C(=O)c2cc(Cl)ccc2F)C1C(=O)O. The van der Waals surface area contributed by atoms with Crippen LogP contribution in [0, 0.1) is 11.7 Å². The molecule has 19 heavy (non-hydrogen) atoms. The van der Waals surface area contributed by atoms with Gasteiger partial charge >= 0.3 is 5.97 Å². The summed E-state index contributed by atoms with van der Waals surface area (Å²) in [5.41, 5.74) is -0.187. The van der Waals surface area contributed by atoms with Crippen LogP contribution in [-0.2, 0) is 4.79 Å². The number of nitrogens with zero attached hydrogens (tertiary/aromatic N) is 1. The number of carboxylic acid groups (broad SMARTS) is 1. The maximum Gasteiger partial charge on any atom is 0.326 e. The number of carbonyl (C=O) groups is 2. The van der Waals surface area contributed by atoms with E-state index in [1.807, 2.05) is 0 Å². The van der Waals surface area contributed by atoms with E-state index in [0.717, 1.165) is 6.07 Å². The fourth-order valence-corrected chi connectivity index (χ4v) is 2.54. The molecule has 2 rings (SSSR count). The summed E-state index contributed by atoms with van der Waals surface area (Å²) in [4.78, 5) is 24.6. The lowest BCUT2D eigenvalue weighted by molar-refractivity contribution is -0.142. The number of hydrogen-bond donors (Lipinski definition) is 1. The summed E-state index contributed by atoms with van der Waals surface area (Å²) >= 11 is 5.74. The van der Waals surface area contributed by atoms with E-state index in [4.69, 9.17) is 16.7 Å². The number of carboxylic acids is 1. The van der Waals surface area contributed by atoms with Crippen LogP contribution < -0.4 is 0 Å². The van der Waals surface area contributed by atoms with E-state index < -0.39 is 23.7 Å². The van der Waals surface area contributed by atoms with Crippen molar-refractivity contribution in [3.63, 3.8) is 0 Å². The van der Waals surface area contributed by atoms with Crippen molar-refractivity contribution in [1.29, 1.82) is 0 Å². The fraction of sp³-hybridized carbons (Fsp3) is 0.385. The molecule has 1 aliphatic rings. The largest absolute Gasteiger partial charge is 0.480 e. The number of likely N-dealkylation sites (tertiary alicyclic amines) is 1. The molecule has 1 N–H and O–H groups in total. The van der Waals surface area contributed by atoms with Crippen LogP contribution in [0.2, 0.25) is 5.02 Å². The van der Waals surface area contributed by atoms with Gasteiger partial charge in [0, 0.05) is 11.6 Å². The van der Waals surface area contributed by atoms with Crippen LogP contribution >= 0.6 is 11.6 Å². The molecule has 0 bridgehead atoms. The van der Waals surface area contributed by atoms with Crippen LogP contribution in [0.3, 0.4) is 0 Å². The Kier molecular flexibility index (Phi) is 3.75. The van der Waals surface area contributed by atoms with Crippen molar-refractivity contribution in [3.8, 4) is 0 Å². The molecule has 1 saturated heterocycles. The zero-order valence-corrected chi connectivity index (χ0v) is 11.0. The van der Waals surface area contributed by atoms with Crippen LogP contribution in [0.5, 0.6) is 0 Å². The maximum absolute atomic E-state index is 13.6. The number of hydrogen-bond acceptors (Lipinski definition) is 2. The normalized spacial score (nSPS) is 22.6. The predicted molar refractivity (Wildman–Crippen MR) is 67.7 cm³/mol. The quantitative estimate of drug-likeness (QED) is 0.908. The Morgan fingerprint density at radius 2 is 2.16 bits per heavy atom. The van der Waals surface area contributed by atoms with E-state index >= 15 is 0 Å². The lowest BCUT2D eigenvalue weighted by Crippen LogP contribution is -2.43. The third-order valence-electron chi connectivity index (χ3n) is 3.37. The lowest BCUT2D eigenvalue weighted by Gasteiger charge is -2.23. The lowest BCUT2D eigenvalue weighted by atomic mass is 10.0. The van der Waals surface area contributed by atoms with Gasteiger partial charge in [-0.2, -0.15) is 0 Å². The van der Waals surface area contributed by atoms with Gasteiger partial charge in [-0.1, -0.05) is 18.5 Å². The minimum Gasteiger partial charge on any atom is -0.480 e. The Labute approximate surface area is 114 Å². The number of benzene rings is 1. The van der Waals surface area contributed by atoms with Gasteiger partial charge in [0.25, 0.3) is 5.91 Å². The highest BCUT2D eigenvalue weighted by atomic mass is 35.5. The molecule has 102 valence electrons. The summed E-state index contributed by atoms with van der Waals surface area (Å²) in [6.07, 6.45) is 0.588. The summed E-state index contributed by atoms with van der Waals surface area (Å²) in [5.74, 6) is -2.54. The van der Waals surface area contributed by atoms with Crippen LogP contribution in [-0.4, -0.2) is 34.5 Å². The van der Waals surface area contributed by atoms with Gasteiger partial charge in [-0.25, -0.2) is 9.18 Å². The van der Waals surface area contributed by atoms with Gasteiger partial charge in [-0.3, -0.25) is 4.79 Å². The Bertz CT molecular complexity index is 535. The molecule has 1 aromatic rings. The Morgan fingerprint density at radius 3 is 2.79 bits per heavy atom. The van der Waals surface area contributed by atoms with E-state index in [1.54, 1.807) is 6.92 Å². The summed E-state index contributed by atoms with van der Waals surface area (Å²) in [6.45, 7) is 2.07. The zero-order chi connectivity index (χ0) is 14.2. The Balaban J connectivity index is 2.33. The molecule has 2 unspecified atom stereocenters. The highest BCUT2D eigenvalue weighted by Crippen LogP contribution is 2.27. The van der Waals surface area contributed by atoms with Gasteiger partial charge in [0.1, 0.15) is 11.9 Å². The van der Waals surface area contributed by atoms with Crippen molar-refractivity contribution >= 4 is 23.5 Å². The molecule has 0 spiro atoms. The molecular formula is C13H13ClFNO3. The summed E-state index contributed by atoms with van der Waals surface area (Å²) in [7, 11) is 0. The van der Waals surface area contributed by atoms with E-state index in [2.05, 4.69) is 0 Å². The van der Waals surface area contributed by atoms with Gasteiger partial charge in [0.2, 0.25) is 0 Å². The monoisotopic (exact) mass is 285 g/mol. The number of rotatable bonds is 2. The third-order valence-corrected chi connectivity index (χ3v) is 3.61. The molecule has 1 aromatic carbocycles. The first-order chi connectivity index (χ1) is 8.91. The number of carbonyl (C=O) groups excluding carboxylic acids is 1. The van der Waals surface area contributed by atoms with E-state index in [1.165, 1.54) is 17.0 Å². The predicted octanol–water partition coefficient (Wildman–Crippen LogP) is 2.41. The molecule has 0 radical (unpaired) electrons. The van der Waals surface area contributed by atoms with Gasteiger partial charge in [-0.05, 0) is 30.5 Å². The first kappa shape index (κ1) is 13.8. The minimum atomic E-state index is -1.07. The van der Waals surface area contributed by atoms with Crippen molar-refractivity contribution < 1.29 is 19.1 Å². The molecule has 1 amide bonds. The highest BCUT2D eigenvalue weighted by molar-refractivity contribution is 6.31. The van der Waals surface area contributed by atoms with Gasteiger partial charge in [-0.15, -0.1) is 0 Å². The second-order valence-electron chi connectivity index (χ2n) is 4.67. The summed E-state index contributed by atoms with van der Waals surface area (Å²) in [6, 6.07) is 2.76. The van der Waals surface area contributed by atoms with E-state index in [0.29, 0.717) is 13.0 Å². The van der Waals surface area contributed by atoms with Gasteiger partial charge < -0.3 is 10.0 Å². The number of aliphatic carboxylic acids is 1. The van der Waals surface area contributed by atoms with Crippen molar-refractivity contribution in [1.82, 2.24) is 4.90 Å². The van der Waals surface area contributed by atoms with Crippen LogP contribution in [0.4, 0.5) is 4.39 Å². The van der Waals surface area contributed by atoms with Crippen molar-refractivity contribution in [2.75, 3.05) is 6.54 Å². The Hall–Kier alpha value is -1.62. The van der Waals surface area contributed by atoms with Crippen molar-refractivity contribution in [2.24, 2.45) is 5.92 Å². The molecule has 0 aromatic heterocycles. The van der Waals surface area contributed by atoms with Crippen molar-refractivity contribution in [3.05, 3.63) is 34.6 Å². The van der Waals surface area contributed by atoms with Crippen LogP contribution in [0.15, 0.2) is 18.2 Å². The zero-order valence-electron chi connectivity index (χ0n) is 10.3.